The van der Waals surface area contributed by atoms with E-state index in [0.29, 0.717) is 25.5 Å². The Balaban J connectivity index is 0.00000242. The van der Waals surface area contributed by atoms with Gasteiger partial charge in [-0.05, 0) is 37.8 Å². The molecule has 0 unspecified atom stereocenters. The van der Waals surface area contributed by atoms with Crippen LogP contribution in [0.5, 0.6) is 5.75 Å². The molecule has 1 fully saturated rings. The maximum Gasteiger partial charge on any atom is 0.222 e. The molecule has 2 rings (SSSR count). The number of amides is 1. The number of likely N-dealkylation sites (N-methyl/N-ethyl adjacent to an activating group) is 1. The molecule has 2 N–H and O–H groups in total. The lowest BCUT2D eigenvalue weighted by Gasteiger charge is -2.21. The number of benzene rings is 1. The van der Waals surface area contributed by atoms with Crippen LogP contribution in [0.4, 0.5) is 0 Å². The lowest BCUT2D eigenvalue weighted by molar-refractivity contribution is -0.131. The van der Waals surface area contributed by atoms with E-state index >= 15 is 0 Å². The van der Waals surface area contributed by atoms with Crippen LogP contribution in [0.3, 0.4) is 0 Å². The van der Waals surface area contributed by atoms with Crippen molar-refractivity contribution in [1.29, 1.82) is 0 Å². The first-order chi connectivity index (χ1) is 10.1. The highest BCUT2D eigenvalue weighted by molar-refractivity contribution is 5.85. The molecule has 1 aromatic rings. The van der Waals surface area contributed by atoms with Gasteiger partial charge in [-0.3, -0.25) is 4.79 Å². The third kappa shape index (κ3) is 5.50. The summed E-state index contributed by atoms with van der Waals surface area (Å²) in [5.41, 5.74) is 7.23. The van der Waals surface area contributed by atoms with Gasteiger partial charge in [0.05, 0.1) is 6.54 Å². The number of nitrogens with zero attached hydrogens (tertiary/aromatic N) is 1. The normalized spacial score (nSPS) is 20.3. The fourth-order valence-corrected chi connectivity index (χ4v) is 2.76. The van der Waals surface area contributed by atoms with Gasteiger partial charge in [-0.15, -0.1) is 12.4 Å². The summed E-state index contributed by atoms with van der Waals surface area (Å²) in [5.74, 6) is 1.38. The summed E-state index contributed by atoms with van der Waals surface area (Å²) < 4.78 is 5.65. The fourth-order valence-electron chi connectivity index (χ4n) is 2.76. The molecule has 0 aliphatic heterocycles. The van der Waals surface area contributed by atoms with Crippen molar-refractivity contribution in [3.8, 4) is 5.75 Å². The third-order valence-electron chi connectivity index (χ3n) is 4.30. The number of hydrogen-bond donors (Lipinski definition) is 1. The van der Waals surface area contributed by atoms with Gasteiger partial charge in [0.25, 0.3) is 0 Å². The van der Waals surface area contributed by atoms with E-state index in [0.717, 1.165) is 25.0 Å². The Morgan fingerprint density at radius 3 is 2.59 bits per heavy atom. The van der Waals surface area contributed by atoms with Gasteiger partial charge in [-0.2, -0.15) is 0 Å². The number of rotatable bonds is 6. The summed E-state index contributed by atoms with van der Waals surface area (Å²) in [6, 6.07) is 8.15. The van der Waals surface area contributed by atoms with E-state index < -0.39 is 0 Å². The second kappa shape index (κ2) is 9.01. The van der Waals surface area contributed by atoms with Crippen LogP contribution in [0.2, 0.25) is 0 Å². The Labute approximate surface area is 139 Å². The van der Waals surface area contributed by atoms with Crippen LogP contribution in [-0.4, -0.2) is 37.0 Å². The highest BCUT2D eigenvalue weighted by Crippen LogP contribution is 2.27. The molecule has 22 heavy (non-hydrogen) atoms. The zero-order valence-corrected chi connectivity index (χ0v) is 14.3. The van der Waals surface area contributed by atoms with Gasteiger partial charge >= 0.3 is 0 Å². The smallest absolute Gasteiger partial charge is 0.222 e. The molecule has 1 saturated carbocycles. The Bertz CT molecular complexity index is 464. The largest absolute Gasteiger partial charge is 0.492 e. The van der Waals surface area contributed by atoms with Crippen molar-refractivity contribution in [3.63, 3.8) is 0 Å². The molecule has 1 aliphatic rings. The van der Waals surface area contributed by atoms with E-state index in [2.05, 4.69) is 0 Å². The van der Waals surface area contributed by atoms with Gasteiger partial charge in [-0.1, -0.05) is 24.1 Å². The van der Waals surface area contributed by atoms with Gasteiger partial charge in [0.2, 0.25) is 5.91 Å². The van der Waals surface area contributed by atoms with Crippen LogP contribution < -0.4 is 10.5 Å². The number of halogens is 1. The SMILES string of the molecule is Cc1ccc(OCCN(C)C(=O)C[C@@H]2CCC[C@H]2N)cc1.Cl. The minimum atomic E-state index is 0. The van der Waals surface area contributed by atoms with Crippen LogP contribution in [0.25, 0.3) is 0 Å². The second-order valence-corrected chi connectivity index (χ2v) is 6.04. The summed E-state index contributed by atoms with van der Waals surface area (Å²) in [4.78, 5) is 13.9. The molecule has 0 saturated heterocycles. The average molecular weight is 327 g/mol. The van der Waals surface area contributed by atoms with E-state index in [1.807, 2.05) is 38.2 Å². The number of aryl methyl sites for hydroxylation is 1. The van der Waals surface area contributed by atoms with E-state index in [1.54, 1.807) is 4.90 Å². The molecule has 0 heterocycles. The van der Waals surface area contributed by atoms with Gasteiger partial charge in [0.1, 0.15) is 12.4 Å². The van der Waals surface area contributed by atoms with Crippen LogP contribution in [0, 0.1) is 12.8 Å². The van der Waals surface area contributed by atoms with Crippen molar-refractivity contribution in [2.45, 2.75) is 38.6 Å². The van der Waals surface area contributed by atoms with Crippen molar-refractivity contribution >= 4 is 18.3 Å². The Morgan fingerprint density at radius 1 is 1.32 bits per heavy atom. The highest BCUT2D eigenvalue weighted by atomic mass is 35.5. The molecule has 1 aromatic carbocycles. The van der Waals surface area contributed by atoms with Crippen LogP contribution in [-0.2, 0) is 4.79 Å². The molecular formula is C17H27ClN2O2. The number of carbonyl (C=O) groups is 1. The van der Waals surface area contributed by atoms with E-state index in [1.165, 1.54) is 5.56 Å². The van der Waals surface area contributed by atoms with Crippen molar-refractivity contribution in [1.82, 2.24) is 4.90 Å². The lowest BCUT2D eigenvalue weighted by atomic mass is 9.99. The maximum atomic E-state index is 12.1. The standard InChI is InChI=1S/C17H26N2O2.ClH/c1-13-6-8-15(9-7-13)21-11-10-19(2)17(20)12-14-4-3-5-16(14)18;/h6-9,14,16H,3-5,10-12,18H2,1-2H3;1H/t14-,16+;/m0./s1. The maximum absolute atomic E-state index is 12.1. The first-order valence-electron chi connectivity index (χ1n) is 7.75. The fraction of sp³-hybridized carbons (Fsp3) is 0.588. The zero-order valence-electron chi connectivity index (χ0n) is 13.5. The van der Waals surface area contributed by atoms with Crippen LogP contribution in [0.1, 0.15) is 31.2 Å². The summed E-state index contributed by atoms with van der Waals surface area (Å²) in [6.45, 7) is 3.17. The topological polar surface area (TPSA) is 55.6 Å². The Morgan fingerprint density at radius 2 is 2.00 bits per heavy atom. The zero-order chi connectivity index (χ0) is 15.2. The minimum Gasteiger partial charge on any atom is -0.492 e. The molecule has 124 valence electrons. The summed E-state index contributed by atoms with van der Waals surface area (Å²) >= 11 is 0. The number of nitrogens with two attached hydrogens (primary N) is 1. The number of carbonyl (C=O) groups excluding carboxylic acids is 1. The molecule has 4 nitrogen and oxygen atoms in total. The van der Waals surface area contributed by atoms with E-state index in [9.17, 15) is 4.79 Å². The van der Waals surface area contributed by atoms with Crippen molar-refractivity contribution in [3.05, 3.63) is 29.8 Å². The quantitative estimate of drug-likeness (QED) is 0.874. The highest BCUT2D eigenvalue weighted by Gasteiger charge is 2.27. The molecule has 0 spiro atoms. The monoisotopic (exact) mass is 326 g/mol. The first kappa shape index (κ1) is 18.8. The molecule has 2 atom stereocenters. The minimum absolute atomic E-state index is 0. The summed E-state index contributed by atoms with van der Waals surface area (Å²) in [5, 5.41) is 0. The van der Waals surface area contributed by atoms with E-state index in [-0.39, 0.29) is 24.4 Å². The molecule has 5 heteroatoms. The molecule has 1 aliphatic carbocycles. The third-order valence-corrected chi connectivity index (χ3v) is 4.30. The first-order valence-corrected chi connectivity index (χ1v) is 7.75. The average Bonchev–Trinajstić information content (AvgIpc) is 2.86. The van der Waals surface area contributed by atoms with Gasteiger partial charge in [0.15, 0.2) is 0 Å². The van der Waals surface area contributed by atoms with Gasteiger partial charge in [-0.25, -0.2) is 0 Å². The predicted molar refractivity (Wildman–Crippen MR) is 91.5 cm³/mol. The number of hydrogen-bond acceptors (Lipinski definition) is 3. The van der Waals surface area contributed by atoms with Crippen molar-refractivity contribution in [2.24, 2.45) is 11.7 Å². The molecule has 1 amide bonds. The predicted octanol–water partition coefficient (Wildman–Crippen LogP) is 2.77. The summed E-state index contributed by atoms with van der Waals surface area (Å²) in [7, 11) is 1.83. The van der Waals surface area contributed by atoms with Crippen LogP contribution >= 0.6 is 12.4 Å². The number of ether oxygens (including phenoxy) is 1. The molecular weight excluding hydrogens is 300 g/mol. The Hall–Kier alpha value is -1.26. The van der Waals surface area contributed by atoms with Crippen molar-refractivity contribution < 1.29 is 9.53 Å². The molecule has 0 aromatic heterocycles. The van der Waals surface area contributed by atoms with Crippen molar-refractivity contribution in [2.75, 3.05) is 20.2 Å². The second-order valence-electron chi connectivity index (χ2n) is 6.04. The van der Waals surface area contributed by atoms with Crippen LogP contribution in [0.15, 0.2) is 24.3 Å². The lowest BCUT2D eigenvalue weighted by Crippen LogP contribution is -2.35. The van der Waals surface area contributed by atoms with Gasteiger partial charge < -0.3 is 15.4 Å². The van der Waals surface area contributed by atoms with Gasteiger partial charge in [0, 0.05) is 19.5 Å². The van der Waals surface area contributed by atoms with E-state index in [4.69, 9.17) is 10.5 Å². The molecule has 0 bridgehead atoms. The Kier molecular flexibility index (Phi) is 7.69. The molecule has 0 radical (unpaired) electrons. The summed E-state index contributed by atoms with van der Waals surface area (Å²) in [6.07, 6.45) is 3.86.